The van der Waals surface area contributed by atoms with Crippen molar-refractivity contribution in [3.63, 3.8) is 0 Å². The summed E-state index contributed by atoms with van der Waals surface area (Å²) in [5, 5.41) is 17.0. The Morgan fingerprint density at radius 2 is 1.80 bits per heavy atom. The number of rotatable bonds is 6. The molecule has 1 saturated carbocycles. The fourth-order valence-corrected chi connectivity index (χ4v) is 5.54. The molecule has 0 atom stereocenters. The highest BCUT2D eigenvalue weighted by atomic mass is 19.4. The third kappa shape index (κ3) is 5.01. The lowest BCUT2D eigenvalue weighted by Gasteiger charge is -2.62. The molecule has 2 fully saturated rings. The van der Waals surface area contributed by atoms with Crippen molar-refractivity contribution < 1.29 is 36.6 Å². The molecule has 0 aromatic carbocycles. The van der Waals surface area contributed by atoms with E-state index < -0.39 is 30.0 Å². The van der Waals surface area contributed by atoms with Crippen LogP contribution in [0.1, 0.15) is 28.9 Å². The molecule has 1 aliphatic carbocycles. The van der Waals surface area contributed by atoms with Crippen molar-refractivity contribution in [3.05, 3.63) is 60.4 Å². The van der Waals surface area contributed by atoms with Crippen LogP contribution in [0.4, 0.5) is 33.3 Å². The van der Waals surface area contributed by atoms with Crippen LogP contribution in [0.15, 0.2) is 49.2 Å². The Hall–Kier alpha value is -4.40. The van der Waals surface area contributed by atoms with Gasteiger partial charge in [-0.1, -0.05) is 0 Å². The number of ether oxygens (including phenoxy) is 1. The summed E-state index contributed by atoms with van der Waals surface area (Å²) in [7, 11) is 0. The Morgan fingerprint density at radius 3 is 2.46 bits per heavy atom. The van der Waals surface area contributed by atoms with Gasteiger partial charge in [-0.05, 0) is 38.0 Å². The zero-order chi connectivity index (χ0) is 29.2. The molecule has 15 heteroatoms. The van der Waals surface area contributed by atoms with E-state index in [1.54, 1.807) is 25.3 Å². The number of fused-ring (bicyclic) bond motifs is 1. The summed E-state index contributed by atoms with van der Waals surface area (Å²) in [5.74, 6) is -0.970. The maximum Gasteiger partial charge on any atom is 0.573 e. The lowest BCUT2D eigenvalue weighted by atomic mass is 9.55. The van der Waals surface area contributed by atoms with Gasteiger partial charge in [-0.3, -0.25) is 9.78 Å². The summed E-state index contributed by atoms with van der Waals surface area (Å²) in [6.07, 6.45) is -1.23. The van der Waals surface area contributed by atoms with Crippen LogP contribution in [0, 0.1) is 12.3 Å². The predicted molar refractivity (Wildman–Crippen MR) is 135 cm³/mol. The number of aliphatic hydroxyl groups is 1. The zero-order valence-corrected chi connectivity index (χ0v) is 21.4. The van der Waals surface area contributed by atoms with Crippen molar-refractivity contribution in [2.24, 2.45) is 5.41 Å². The summed E-state index contributed by atoms with van der Waals surface area (Å²) in [6.45, 7) is 2.72. The average Bonchev–Trinajstić information content (AvgIpc) is 3.29. The lowest BCUT2D eigenvalue weighted by molar-refractivity contribution is -0.274. The highest BCUT2D eigenvalue weighted by molar-refractivity contribution is 6.09. The van der Waals surface area contributed by atoms with Crippen molar-refractivity contribution >= 4 is 22.8 Å². The molecule has 2 aliphatic rings. The number of aryl methyl sites for hydroxylation is 1. The summed E-state index contributed by atoms with van der Waals surface area (Å²) in [5.41, 5.74) is 0.510. The van der Waals surface area contributed by atoms with Crippen molar-refractivity contribution in [2.75, 3.05) is 23.3 Å². The minimum Gasteiger partial charge on any atom is -0.402 e. The van der Waals surface area contributed by atoms with Gasteiger partial charge in [-0.2, -0.15) is 5.10 Å². The number of aromatic nitrogens is 5. The first kappa shape index (κ1) is 26.8. The van der Waals surface area contributed by atoms with Crippen molar-refractivity contribution in [2.45, 2.75) is 38.2 Å². The number of amides is 1. The quantitative estimate of drug-likeness (QED) is 0.328. The molecule has 0 radical (unpaired) electrons. The number of nitrogens with zero attached hydrogens (tertiary/aromatic N) is 6. The normalized spacial score (nSPS) is 17.4. The minimum atomic E-state index is -4.87. The van der Waals surface area contributed by atoms with Gasteiger partial charge in [0.25, 0.3) is 12.3 Å². The molecule has 10 nitrogen and oxygen atoms in total. The van der Waals surface area contributed by atoms with Crippen molar-refractivity contribution in [1.29, 1.82) is 0 Å². The van der Waals surface area contributed by atoms with Crippen LogP contribution in [-0.2, 0) is 0 Å². The van der Waals surface area contributed by atoms with Crippen LogP contribution in [0.3, 0.4) is 0 Å². The second-order valence-corrected chi connectivity index (χ2v) is 10.5. The largest absolute Gasteiger partial charge is 0.573 e. The molecule has 214 valence electrons. The van der Waals surface area contributed by atoms with Gasteiger partial charge in [0.05, 0.1) is 41.1 Å². The second kappa shape index (κ2) is 9.33. The third-order valence-electron chi connectivity index (χ3n) is 7.39. The second-order valence-electron chi connectivity index (χ2n) is 10.5. The zero-order valence-electron chi connectivity index (χ0n) is 21.4. The Bertz CT molecular complexity index is 1630. The van der Waals surface area contributed by atoms with Crippen LogP contribution in [0.5, 0.6) is 5.75 Å². The fraction of sp³-hybridized carbons (Fsp3) is 0.346. The van der Waals surface area contributed by atoms with Gasteiger partial charge in [-0.25, -0.2) is 23.3 Å². The van der Waals surface area contributed by atoms with Crippen LogP contribution < -0.4 is 15.0 Å². The van der Waals surface area contributed by atoms with E-state index in [0.717, 1.165) is 18.1 Å². The number of nitrogens with one attached hydrogen (secondary N) is 1. The van der Waals surface area contributed by atoms with Crippen molar-refractivity contribution in [3.8, 4) is 17.1 Å². The van der Waals surface area contributed by atoms with Crippen LogP contribution >= 0.6 is 0 Å². The molecule has 1 amide bonds. The minimum absolute atomic E-state index is 0.0553. The number of anilines is 2. The van der Waals surface area contributed by atoms with E-state index in [2.05, 4.69) is 30.1 Å². The molecule has 4 aromatic heterocycles. The van der Waals surface area contributed by atoms with Gasteiger partial charge in [0.1, 0.15) is 5.60 Å². The van der Waals surface area contributed by atoms with Crippen LogP contribution in [0.25, 0.3) is 16.9 Å². The Kier molecular flexibility index (Phi) is 6.10. The summed E-state index contributed by atoms with van der Waals surface area (Å²) in [6, 6.07) is 5.15. The lowest BCUT2D eigenvalue weighted by Crippen LogP contribution is -2.70. The van der Waals surface area contributed by atoms with E-state index in [-0.39, 0.29) is 29.6 Å². The van der Waals surface area contributed by atoms with Gasteiger partial charge >= 0.3 is 6.36 Å². The molecular formula is C26H22F5N7O3. The van der Waals surface area contributed by atoms with E-state index in [1.165, 1.54) is 16.9 Å². The number of alkyl halides is 5. The number of pyridine rings is 2. The van der Waals surface area contributed by atoms with Crippen LogP contribution in [0.2, 0.25) is 0 Å². The molecule has 1 spiro atoms. The smallest absolute Gasteiger partial charge is 0.402 e. The Labute approximate surface area is 228 Å². The highest BCUT2D eigenvalue weighted by Crippen LogP contribution is 2.56. The molecule has 4 aromatic rings. The van der Waals surface area contributed by atoms with Gasteiger partial charge in [0, 0.05) is 42.1 Å². The molecular weight excluding hydrogens is 553 g/mol. The summed E-state index contributed by atoms with van der Waals surface area (Å²) >= 11 is 0. The fourth-order valence-electron chi connectivity index (χ4n) is 5.54. The number of hydrogen-bond acceptors (Lipinski definition) is 8. The van der Waals surface area contributed by atoms with Gasteiger partial charge in [0.15, 0.2) is 11.6 Å². The van der Waals surface area contributed by atoms with Crippen molar-refractivity contribution in [1.82, 2.24) is 24.6 Å². The number of carbonyl (C=O) groups is 1. The molecule has 2 N–H and O–H groups in total. The van der Waals surface area contributed by atoms with Gasteiger partial charge < -0.3 is 20.1 Å². The molecule has 5 heterocycles. The van der Waals surface area contributed by atoms with E-state index in [4.69, 9.17) is 0 Å². The third-order valence-corrected chi connectivity index (χ3v) is 7.39. The van der Waals surface area contributed by atoms with E-state index >= 15 is 0 Å². The van der Waals surface area contributed by atoms with E-state index in [9.17, 15) is 31.9 Å². The first-order valence-electron chi connectivity index (χ1n) is 12.4. The SMILES string of the molecule is Cc1ncc(-c2ncc(OC(F)(F)F)cn2)cc1NC(=O)c1cnn2ccc(N3CC4(C3)CC(O)(C(F)F)C4)cc12. The predicted octanol–water partition coefficient (Wildman–Crippen LogP) is 4.24. The Morgan fingerprint density at radius 1 is 1.10 bits per heavy atom. The molecule has 1 aliphatic heterocycles. The van der Waals surface area contributed by atoms with E-state index in [1.807, 2.05) is 11.0 Å². The first-order valence-corrected chi connectivity index (χ1v) is 12.4. The first-order chi connectivity index (χ1) is 19.3. The highest BCUT2D eigenvalue weighted by Gasteiger charge is 2.63. The van der Waals surface area contributed by atoms with Gasteiger partial charge in [0.2, 0.25) is 0 Å². The molecule has 0 unspecified atom stereocenters. The molecule has 41 heavy (non-hydrogen) atoms. The number of carbonyl (C=O) groups excluding carboxylic acids is 1. The number of hydrogen-bond donors (Lipinski definition) is 2. The topological polar surface area (TPSA) is 118 Å². The molecule has 1 saturated heterocycles. The number of halogens is 5. The van der Waals surface area contributed by atoms with Crippen LogP contribution in [-0.4, -0.2) is 67.1 Å². The summed E-state index contributed by atoms with van der Waals surface area (Å²) in [4.78, 5) is 27.3. The Balaban J connectivity index is 1.17. The summed E-state index contributed by atoms with van der Waals surface area (Å²) < 4.78 is 68.6. The molecule has 6 rings (SSSR count). The maximum atomic E-state index is 13.3. The monoisotopic (exact) mass is 575 g/mol. The maximum absolute atomic E-state index is 13.3. The van der Waals surface area contributed by atoms with E-state index in [0.29, 0.717) is 35.6 Å². The standard InChI is InChI=1S/C26H22F5N7O3/c1-14-19(4-15(6-32-14)21-33-7-17(8-34-21)41-26(29,30)31)36-22(39)18-9-35-38-3-2-16(5-20(18)38)37-12-24(13-37)10-25(40,11-24)23(27)28/h2-9,23,40H,10-13H2,1H3,(H,36,39). The molecule has 0 bridgehead atoms. The average molecular weight is 575 g/mol. The van der Waals surface area contributed by atoms with Gasteiger partial charge in [-0.15, -0.1) is 13.2 Å².